The van der Waals surface area contributed by atoms with Gasteiger partial charge >= 0.3 is 0 Å². The van der Waals surface area contributed by atoms with Crippen LogP contribution < -0.4 is 5.32 Å². The molecule has 0 aromatic heterocycles. The number of piperidine rings is 1. The number of carbonyl (C=O) groups excluding carboxylic acids is 1. The molecule has 3 rings (SSSR count). The second kappa shape index (κ2) is 10.1. The van der Waals surface area contributed by atoms with E-state index in [-0.39, 0.29) is 17.8 Å². The minimum absolute atomic E-state index is 0.0963. The van der Waals surface area contributed by atoms with Crippen LogP contribution in [-0.4, -0.2) is 35.7 Å². The number of hydrogen-bond acceptors (Lipinski definition) is 3. The van der Waals surface area contributed by atoms with Crippen LogP contribution in [0, 0.1) is 5.82 Å². The summed E-state index contributed by atoms with van der Waals surface area (Å²) in [6.07, 6.45) is 1.90. The van der Waals surface area contributed by atoms with Crippen LogP contribution >= 0.6 is 23.4 Å². The van der Waals surface area contributed by atoms with Gasteiger partial charge in [0.25, 0.3) is 0 Å². The van der Waals surface area contributed by atoms with E-state index in [1.54, 1.807) is 11.8 Å². The van der Waals surface area contributed by atoms with Crippen molar-refractivity contribution in [1.29, 1.82) is 0 Å². The molecule has 1 fully saturated rings. The Bertz CT molecular complexity index is 748. The van der Waals surface area contributed by atoms with Gasteiger partial charge in [0.1, 0.15) is 5.82 Å². The minimum Gasteiger partial charge on any atom is -0.353 e. The molecule has 1 saturated heterocycles. The fourth-order valence-electron chi connectivity index (χ4n) is 3.24. The molecule has 1 heterocycles. The van der Waals surface area contributed by atoms with Crippen molar-refractivity contribution in [3.05, 3.63) is 70.5 Å². The molecule has 2 aromatic rings. The second-order valence-electron chi connectivity index (χ2n) is 6.87. The fourth-order valence-corrected chi connectivity index (χ4v) is 4.24. The number of amides is 1. The number of thioether (sulfide) groups is 1. The lowest BCUT2D eigenvalue weighted by molar-refractivity contribution is -0.119. The van der Waals surface area contributed by atoms with Crippen molar-refractivity contribution in [1.82, 2.24) is 10.2 Å². The van der Waals surface area contributed by atoms with Crippen LogP contribution in [0.1, 0.15) is 24.0 Å². The highest BCUT2D eigenvalue weighted by molar-refractivity contribution is 7.99. The topological polar surface area (TPSA) is 32.3 Å². The van der Waals surface area contributed by atoms with Gasteiger partial charge < -0.3 is 5.32 Å². The third-order valence-electron chi connectivity index (χ3n) is 4.66. The lowest BCUT2D eigenvalue weighted by Crippen LogP contribution is -2.44. The second-order valence-corrected chi connectivity index (χ2v) is 8.29. The van der Waals surface area contributed by atoms with Gasteiger partial charge in [0.15, 0.2) is 0 Å². The average molecular weight is 407 g/mol. The van der Waals surface area contributed by atoms with E-state index in [0.717, 1.165) is 54.4 Å². The minimum atomic E-state index is -0.201. The van der Waals surface area contributed by atoms with E-state index in [4.69, 9.17) is 11.6 Å². The van der Waals surface area contributed by atoms with E-state index < -0.39 is 0 Å². The van der Waals surface area contributed by atoms with Gasteiger partial charge in [-0.1, -0.05) is 35.9 Å². The molecule has 2 aromatic carbocycles. The third-order valence-corrected chi connectivity index (χ3v) is 5.90. The Morgan fingerprint density at radius 2 is 1.89 bits per heavy atom. The van der Waals surface area contributed by atoms with Crippen molar-refractivity contribution < 1.29 is 9.18 Å². The van der Waals surface area contributed by atoms with Gasteiger partial charge in [-0.25, -0.2) is 4.39 Å². The first kappa shape index (κ1) is 20.2. The van der Waals surface area contributed by atoms with Crippen LogP contribution in [0.5, 0.6) is 0 Å². The summed E-state index contributed by atoms with van der Waals surface area (Å²) in [5, 5.41) is 3.87. The van der Waals surface area contributed by atoms with Gasteiger partial charge in [0.05, 0.1) is 5.75 Å². The van der Waals surface area contributed by atoms with Gasteiger partial charge in [-0.05, 0) is 48.2 Å². The number of hydrogen-bond donors (Lipinski definition) is 1. The van der Waals surface area contributed by atoms with Crippen molar-refractivity contribution in [2.24, 2.45) is 0 Å². The summed E-state index contributed by atoms with van der Waals surface area (Å²) >= 11 is 7.58. The predicted molar refractivity (Wildman–Crippen MR) is 110 cm³/mol. The molecule has 1 amide bonds. The molecule has 1 N–H and O–H groups in total. The van der Waals surface area contributed by atoms with Crippen molar-refractivity contribution in [2.45, 2.75) is 31.2 Å². The highest BCUT2D eigenvalue weighted by Crippen LogP contribution is 2.17. The van der Waals surface area contributed by atoms with Gasteiger partial charge in [-0.3, -0.25) is 9.69 Å². The van der Waals surface area contributed by atoms with Gasteiger partial charge in [-0.2, -0.15) is 0 Å². The Morgan fingerprint density at radius 3 is 2.59 bits per heavy atom. The van der Waals surface area contributed by atoms with Crippen molar-refractivity contribution in [3.63, 3.8) is 0 Å². The van der Waals surface area contributed by atoms with Crippen LogP contribution in [-0.2, 0) is 17.1 Å². The van der Waals surface area contributed by atoms with Crippen LogP contribution in [0.15, 0.2) is 48.5 Å². The summed E-state index contributed by atoms with van der Waals surface area (Å²) in [7, 11) is 0. The smallest absolute Gasteiger partial charge is 0.230 e. The molecular weight excluding hydrogens is 383 g/mol. The van der Waals surface area contributed by atoms with Gasteiger partial charge in [0, 0.05) is 36.5 Å². The van der Waals surface area contributed by atoms with E-state index in [9.17, 15) is 9.18 Å². The summed E-state index contributed by atoms with van der Waals surface area (Å²) in [6, 6.07) is 14.7. The molecule has 6 heteroatoms. The molecule has 27 heavy (non-hydrogen) atoms. The van der Waals surface area contributed by atoms with Crippen molar-refractivity contribution in [3.8, 4) is 0 Å². The predicted octanol–water partition coefficient (Wildman–Crippen LogP) is 4.49. The molecular formula is C21H24ClFN2OS. The molecule has 3 nitrogen and oxygen atoms in total. The Hall–Kier alpha value is -1.56. The van der Waals surface area contributed by atoms with Crippen LogP contribution in [0.25, 0.3) is 0 Å². The highest BCUT2D eigenvalue weighted by Gasteiger charge is 2.20. The largest absolute Gasteiger partial charge is 0.353 e. The van der Waals surface area contributed by atoms with Crippen molar-refractivity contribution in [2.75, 3.05) is 18.8 Å². The Balaban J connectivity index is 1.33. The van der Waals surface area contributed by atoms with Crippen LogP contribution in [0.4, 0.5) is 4.39 Å². The monoisotopic (exact) mass is 406 g/mol. The summed E-state index contributed by atoms with van der Waals surface area (Å²) in [5.41, 5.74) is 2.26. The molecule has 1 aliphatic heterocycles. The molecule has 1 aliphatic rings. The van der Waals surface area contributed by atoms with Gasteiger partial charge in [-0.15, -0.1) is 11.8 Å². The maximum atomic E-state index is 13.0. The number of halogens is 2. The SMILES string of the molecule is O=C(CSCc1cccc(Cl)c1)NC1CCN(Cc2ccc(F)cc2)CC1. The van der Waals surface area contributed by atoms with Crippen LogP contribution in [0.2, 0.25) is 5.02 Å². The number of likely N-dealkylation sites (tertiary alicyclic amines) is 1. The summed E-state index contributed by atoms with van der Waals surface area (Å²) in [6.45, 7) is 2.71. The zero-order valence-corrected chi connectivity index (χ0v) is 16.7. The normalized spacial score (nSPS) is 15.6. The standard InChI is InChI=1S/C21H24ClFN2OS/c22-18-3-1-2-17(12-18)14-27-15-21(26)24-20-8-10-25(11-9-20)13-16-4-6-19(23)7-5-16/h1-7,12,20H,8-11,13-15H2,(H,24,26). The molecule has 0 bridgehead atoms. The zero-order valence-electron chi connectivity index (χ0n) is 15.2. The fraction of sp³-hybridized carbons (Fsp3) is 0.381. The first-order chi connectivity index (χ1) is 13.1. The third kappa shape index (κ3) is 6.83. The van der Waals surface area contributed by atoms with E-state index >= 15 is 0 Å². The number of benzene rings is 2. The van der Waals surface area contributed by atoms with E-state index in [1.807, 2.05) is 36.4 Å². The van der Waals surface area contributed by atoms with E-state index in [0.29, 0.717) is 5.75 Å². The Morgan fingerprint density at radius 1 is 1.15 bits per heavy atom. The first-order valence-corrected chi connectivity index (χ1v) is 10.7. The quantitative estimate of drug-likeness (QED) is 0.735. The number of carbonyl (C=O) groups is 1. The Kier molecular flexibility index (Phi) is 7.56. The summed E-state index contributed by atoms with van der Waals surface area (Å²) in [4.78, 5) is 14.5. The van der Waals surface area contributed by atoms with Crippen LogP contribution in [0.3, 0.4) is 0 Å². The molecule has 0 unspecified atom stereocenters. The number of rotatable bonds is 7. The maximum absolute atomic E-state index is 13.0. The van der Waals surface area contributed by atoms with E-state index in [2.05, 4.69) is 10.2 Å². The molecule has 0 atom stereocenters. The average Bonchev–Trinajstić information content (AvgIpc) is 2.65. The lowest BCUT2D eigenvalue weighted by atomic mass is 10.0. The van der Waals surface area contributed by atoms with E-state index in [1.165, 1.54) is 12.1 Å². The molecule has 0 spiro atoms. The highest BCUT2D eigenvalue weighted by atomic mass is 35.5. The molecule has 0 aliphatic carbocycles. The Labute approximate surface area is 169 Å². The zero-order chi connectivity index (χ0) is 19.1. The number of nitrogens with one attached hydrogen (secondary N) is 1. The van der Waals surface area contributed by atoms with Gasteiger partial charge in [0.2, 0.25) is 5.91 Å². The summed E-state index contributed by atoms with van der Waals surface area (Å²) < 4.78 is 13.0. The summed E-state index contributed by atoms with van der Waals surface area (Å²) in [5.74, 6) is 1.14. The maximum Gasteiger partial charge on any atom is 0.230 e. The molecule has 144 valence electrons. The molecule has 0 saturated carbocycles. The first-order valence-electron chi connectivity index (χ1n) is 9.17. The lowest BCUT2D eigenvalue weighted by Gasteiger charge is -2.32. The molecule has 0 radical (unpaired) electrons. The van der Waals surface area contributed by atoms with Crippen molar-refractivity contribution >= 4 is 29.3 Å². The number of nitrogens with zero attached hydrogens (tertiary/aromatic N) is 1.